The molecule has 0 radical (unpaired) electrons. The van der Waals surface area contributed by atoms with E-state index in [0.717, 1.165) is 4.47 Å². The summed E-state index contributed by atoms with van der Waals surface area (Å²) in [5.41, 5.74) is 0.634. The molecule has 5 nitrogen and oxygen atoms in total. The van der Waals surface area contributed by atoms with E-state index in [1.807, 2.05) is 0 Å². The van der Waals surface area contributed by atoms with Gasteiger partial charge in [-0.3, -0.25) is 4.79 Å². The van der Waals surface area contributed by atoms with Gasteiger partial charge in [-0.2, -0.15) is 0 Å². The molecule has 22 heavy (non-hydrogen) atoms. The topological polar surface area (TPSA) is 72.6 Å². The van der Waals surface area contributed by atoms with Gasteiger partial charge in [0.15, 0.2) is 28.3 Å². The van der Waals surface area contributed by atoms with E-state index in [1.54, 1.807) is 12.1 Å². The van der Waals surface area contributed by atoms with Gasteiger partial charge in [-0.1, -0.05) is 15.9 Å². The minimum absolute atomic E-state index is 0.0838. The van der Waals surface area contributed by atoms with Gasteiger partial charge >= 0.3 is 0 Å². The number of aromatic nitrogens is 1. The van der Waals surface area contributed by atoms with Gasteiger partial charge < -0.3 is 14.3 Å². The highest BCUT2D eigenvalue weighted by Gasteiger charge is 2.13. The van der Waals surface area contributed by atoms with Crippen molar-refractivity contribution in [2.45, 2.75) is 0 Å². The maximum Gasteiger partial charge on any atom is 0.193 e. The molecule has 0 aliphatic heterocycles. The molecule has 1 aromatic carbocycles. The van der Waals surface area contributed by atoms with Crippen LogP contribution in [0.3, 0.4) is 0 Å². The fourth-order valence-corrected chi connectivity index (χ4v) is 3.34. The Morgan fingerprint density at radius 3 is 2.73 bits per heavy atom. The van der Waals surface area contributed by atoms with E-state index in [9.17, 15) is 9.90 Å². The lowest BCUT2D eigenvalue weighted by Crippen LogP contribution is -2.01. The smallest absolute Gasteiger partial charge is 0.193 e. The number of hydrogen-bond donors (Lipinski definition) is 1. The molecular weight excluding hydrogens is 418 g/mol. The van der Waals surface area contributed by atoms with E-state index >= 15 is 0 Å². The summed E-state index contributed by atoms with van der Waals surface area (Å²) in [6.45, 7) is 0. The van der Waals surface area contributed by atoms with Crippen LogP contribution in [-0.4, -0.2) is 17.2 Å². The van der Waals surface area contributed by atoms with Crippen LogP contribution in [0.15, 0.2) is 48.6 Å². The standard InChI is InChI=1S/C15H9Br2NO4/c1-21-14-4-10(18-6-12(14)20)13-5-11(19)8-2-7(16)3-9(17)15(8)22-13/h2-6,20H,1H3. The van der Waals surface area contributed by atoms with Crippen molar-refractivity contribution in [2.24, 2.45) is 0 Å². The van der Waals surface area contributed by atoms with E-state index in [2.05, 4.69) is 36.8 Å². The first kappa shape index (κ1) is 15.1. The number of halogens is 2. The Morgan fingerprint density at radius 1 is 1.23 bits per heavy atom. The van der Waals surface area contributed by atoms with Gasteiger partial charge in [-0.15, -0.1) is 0 Å². The Morgan fingerprint density at radius 2 is 2.00 bits per heavy atom. The van der Waals surface area contributed by atoms with Crippen LogP contribution in [0.25, 0.3) is 22.4 Å². The van der Waals surface area contributed by atoms with E-state index in [-0.39, 0.29) is 16.9 Å². The van der Waals surface area contributed by atoms with Crippen LogP contribution in [0.4, 0.5) is 0 Å². The summed E-state index contributed by atoms with van der Waals surface area (Å²) in [4.78, 5) is 16.4. The summed E-state index contributed by atoms with van der Waals surface area (Å²) >= 11 is 6.72. The molecule has 0 aliphatic carbocycles. The number of rotatable bonds is 2. The minimum atomic E-state index is -0.188. The molecule has 2 aromatic heterocycles. The van der Waals surface area contributed by atoms with Crippen LogP contribution >= 0.6 is 31.9 Å². The highest BCUT2D eigenvalue weighted by atomic mass is 79.9. The van der Waals surface area contributed by atoms with E-state index < -0.39 is 0 Å². The molecule has 3 aromatic rings. The molecule has 3 rings (SSSR count). The van der Waals surface area contributed by atoms with E-state index in [0.29, 0.717) is 26.9 Å². The SMILES string of the molecule is COc1cc(-c2cc(=O)c3cc(Br)cc(Br)c3o2)ncc1O. The third kappa shape index (κ3) is 2.62. The lowest BCUT2D eigenvalue weighted by Gasteiger charge is -2.07. The lowest BCUT2D eigenvalue weighted by atomic mass is 10.2. The summed E-state index contributed by atoms with van der Waals surface area (Å²) in [6, 6.07) is 6.35. The van der Waals surface area contributed by atoms with Gasteiger partial charge in [0.1, 0.15) is 5.69 Å². The molecule has 112 valence electrons. The van der Waals surface area contributed by atoms with Crippen molar-refractivity contribution in [2.75, 3.05) is 7.11 Å². The quantitative estimate of drug-likeness (QED) is 0.667. The summed E-state index contributed by atoms with van der Waals surface area (Å²) < 4.78 is 12.3. The minimum Gasteiger partial charge on any atom is -0.503 e. The van der Waals surface area contributed by atoms with Crippen LogP contribution in [0.1, 0.15) is 0 Å². The zero-order valence-electron chi connectivity index (χ0n) is 11.3. The maximum absolute atomic E-state index is 12.3. The average molecular weight is 427 g/mol. The van der Waals surface area contributed by atoms with Gasteiger partial charge in [0.25, 0.3) is 0 Å². The Bertz CT molecular complexity index is 937. The third-order valence-corrected chi connectivity index (χ3v) is 4.11. The number of aromatic hydroxyl groups is 1. The Balaban J connectivity index is 2.27. The fraction of sp³-hybridized carbons (Fsp3) is 0.0667. The molecule has 0 spiro atoms. The summed E-state index contributed by atoms with van der Waals surface area (Å²) in [5.74, 6) is 0.459. The Labute approximate surface area is 141 Å². The molecule has 0 atom stereocenters. The summed E-state index contributed by atoms with van der Waals surface area (Å²) in [5, 5.41) is 10.0. The number of ether oxygens (including phenoxy) is 1. The largest absolute Gasteiger partial charge is 0.503 e. The van der Waals surface area contributed by atoms with Gasteiger partial charge in [0.05, 0.1) is 23.2 Å². The van der Waals surface area contributed by atoms with Crippen molar-refractivity contribution in [3.05, 3.63) is 49.6 Å². The van der Waals surface area contributed by atoms with Crippen molar-refractivity contribution in [3.8, 4) is 23.0 Å². The van der Waals surface area contributed by atoms with Gasteiger partial charge in [0.2, 0.25) is 0 Å². The number of pyridine rings is 1. The number of hydrogen-bond acceptors (Lipinski definition) is 5. The molecular formula is C15H9Br2NO4. The first-order chi connectivity index (χ1) is 10.5. The van der Waals surface area contributed by atoms with Crippen molar-refractivity contribution in [1.82, 2.24) is 4.98 Å². The van der Waals surface area contributed by atoms with Crippen molar-refractivity contribution in [1.29, 1.82) is 0 Å². The second-order valence-electron chi connectivity index (χ2n) is 4.48. The molecule has 0 saturated heterocycles. The number of fused-ring (bicyclic) bond motifs is 1. The number of benzene rings is 1. The molecule has 2 heterocycles. The first-order valence-corrected chi connectivity index (χ1v) is 7.74. The van der Waals surface area contributed by atoms with Crippen LogP contribution in [0.2, 0.25) is 0 Å². The molecule has 1 N–H and O–H groups in total. The second kappa shape index (κ2) is 5.73. The first-order valence-electron chi connectivity index (χ1n) is 6.16. The maximum atomic E-state index is 12.3. The molecule has 0 amide bonds. The lowest BCUT2D eigenvalue weighted by molar-refractivity contribution is 0.372. The van der Waals surface area contributed by atoms with Gasteiger partial charge in [-0.25, -0.2) is 4.98 Å². The third-order valence-electron chi connectivity index (χ3n) is 3.07. The van der Waals surface area contributed by atoms with E-state index in [1.165, 1.54) is 25.4 Å². The average Bonchev–Trinajstić information content (AvgIpc) is 2.48. The predicted octanol–water partition coefficient (Wildman–Crippen LogP) is 4.09. The van der Waals surface area contributed by atoms with Gasteiger partial charge in [0, 0.05) is 16.6 Å². The zero-order valence-corrected chi connectivity index (χ0v) is 14.4. The monoisotopic (exact) mass is 425 g/mol. The van der Waals surface area contributed by atoms with Crippen LogP contribution < -0.4 is 10.2 Å². The second-order valence-corrected chi connectivity index (χ2v) is 6.25. The van der Waals surface area contributed by atoms with E-state index in [4.69, 9.17) is 9.15 Å². The molecule has 0 fully saturated rings. The molecule has 7 heteroatoms. The number of nitrogens with zero attached hydrogens (tertiary/aromatic N) is 1. The highest BCUT2D eigenvalue weighted by Crippen LogP contribution is 2.32. The molecule has 0 unspecified atom stereocenters. The van der Waals surface area contributed by atoms with Crippen LogP contribution in [-0.2, 0) is 0 Å². The van der Waals surface area contributed by atoms with Gasteiger partial charge in [-0.05, 0) is 28.1 Å². The summed E-state index contributed by atoms with van der Waals surface area (Å²) in [7, 11) is 1.43. The van der Waals surface area contributed by atoms with Crippen LogP contribution in [0.5, 0.6) is 11.5 Å². The van der Waals surface area contributed by atoms with Crippen molar-refractivity contribution >= 4 is 42.8 Å². The molecule has 0 bridgehead atoms. The highest BCUT2D eigenvalue weighted by molar-refractivity contribution is 9.11. The Hall–Kier alpha value is -1.86. The normalized spacial score (nSPS) is 10.9. The zero-order chi connectivity index (χ0) is 15.9. The summed E-state index contributed by atoms with van der Waals surface area (Å²) in [6.07, 6.45) is 1.25. The Kier molecular flexibility index (Phi) is 3.92. The number of methoxy groups -OCH3 is 1. The van der Waals surface area contributed by atoms with Crippen molar-refractivity contribution in [3.63, 3.8) is 0 Å². The predicted molar refractivity (Wildman–Crippen MR) is 89.3 cm³/mol. The van der Waals surface area contributed by atoms with Crippen molar-refractivity contribution < 1.29 is 14.3 Å². The van der Waals surface area contributed by atoms with Crippen LogP contribution in [0, 0.1) is 0 Å². The fourth-order valence-electron chi connectivity index (χ4n) is 2.04. The molecule has 0 aliphatic rings. The molecule has 0 saturated carbocycles.